The minimum atomic E-state index is -0.337. The molecule has 0 N–H and O–H groups in total. The number of carbonyl (C=O) groups is 1. The number of ether oxygens (including phenoxy) is 1. The Hall–Kier alpha value is -1.10. The number of aromatic nitrogens is 1. The molecule has 5 heteroatoms. The number of rotatable bonds is 3. The van der Waals surface area contributed by atoms with Crippen LogP contribution in [0.4, 0.5) is 5.13 Å². The minimum absolute atomic E-state index is 0.337. The van der Waals surface area contributed by atoms with E-state index in [4.69, 9.17) is 4.74 Å². The van der Waals surface area contributed by atoms with E-state index in [1.54, 1.807) is 11.3 Å². The quantitative estimate of drug-likeness (QED) is 0.777. The Balaban J connectivity index is 2.15. The third kappa shape index (κ3) is 2.44. The highest BCUT2D eigenvalue weighted by Gasteiger charge is 2.25. The van der Waals surface area contributed by atoms with Crippen LogP contribution in [-0.2, 0) is 4.74 Å². The van der Waals surface area contributed by atoms with Crippen LogP contribution < -0.4 is 4.90 Å². The van der Waals surface area contributed by atoms with Crippen molar-refractivity contribution >= 4 is 22.4 Å². The van der Waals surface area contributed by atoms with Crippen molar-refractivity contribution < 1.29 is 9.53 Å². The van der Waals surface area contributed by atoms with Crippen LogP contribution in [0.2, 0.25) is 0 Å². The zero-order valence-electron chi connectivity index (χ0n) is 10.5. The molecule has 1 saturated heterocycles. The monoisotopic (exact) mass is 254 g/mol. The molecule has 0 spiro atoms. The molecule has 0 bridgehead atoms. The highest BCUT2D eigenvalue weighted by molar-refractivity contribution is 7.15. The van der Waals surface area contributed by atoms with E-state index in [-0.39, 0.29) is 5.97 Å². The molecule has 1 atom stereocenters. The van der Waals surface area contributed by atoms with Gasteiger partial charge in [-0.2, -0.15) is 0 Å². The Labute approximate surface area is 106 Å². The first-order chi connectivity index (χ1) is 8.15. The van der Waals surface area contributed by atoms with Crippen molar-refractivity contribution in [3.63, 3.8) is 0 Å². The number of esters is 1. The lowest BCUT2D eigenvalue weighted by Crippen LogP contribution is -2.19. The molecule has 0 aliphatic carbocycles. The van der Waals surface area contributed by atoms with Gasteiger partial charge in [-0.3, -0.25) is 0 Å². The van der Waals surface area contributed by atoms with E-state index in [0.717, 1.165) is 29.0 Å². The van der Waals surface area contributed by atoms with Gasteiger partial charge in [-0.1, -0.05) is 13.3 Å². The van der Waals surface area contributed by atoms with Gasteiger partial charge in [0.05, 0.1) is 7.11 Å². The summed E-state index contributed by atoms with van der Waals surface area (Å²) in [6.45, 7) is 6.25. The molecule has 0 radical (unpaired) electrons. The zero-order valence-corrected chi connectivity index (χ0v) is 11.3. The van der Waals surface area contributed by atoms with Crippen LogP contribution in [0.25, 0.3) is 0 Å². The summed E-state index contributed by atoms with van der Waals surface area (Å²) in [6, 6.07) is 0. The Morgan fingerprint density at radius 1 is 1.65 bits per heavy atom. The summed E-state index contributed by atoms with van der Waals surface area (Å²) in [4.78, 5) is 19.1. The zero-order chi connectivity index (χ0) is 12.4. The third-order valence-electron chi connectivity index (χ3n) is 3.30. The van der Waals surface area contributed by atoms with Crippen molar-refractivity contribution in [1.29, 1.82) is 0 Å². The van der Waals surface area contributed by atoms with Crippen molar-refractivity contribution in [2.24, 2.45) is 5.92 Å². The Kier molecular flexibility index (Phi) is 3.66. The lowest BCUT2D eigenvalue weighted by atomic mass is 10.1. The van der Waals surface area contributed by atoms with Crippen molar-refractivity contribution in [2.75, 3.05) is 25.1 Å². The summed E-state index contributed by atoms with van der Waals surface area (Å²) >= 11 is 1.58. The van der Waals surface area contributed by atoms with Crippen molar-refractivity contribution in [1.82, 2.24) is 4.98 Å². The first-order valence-electron chi connectivity index (χ1n) is 5.96. The topological polar surface area (TPSA) is 42.4 Å². The second-order valence-electron chi connectivity index (χ2n) is 4.40. The van der Waals surface area contributed by atoms with Gasteiger partial charge in [-0.15, -0.1) is 11.3 Å². The molecule has 1 aromatic rings. The number of methoxy groups -OCH3 is 1. The van der Waals surface area contributed by atoms with E-state index in [2.05, 4.69) is 16.8 Å². The predicted octanol–water partition coefficient (Wildman–Crippen LogP) is 2.47. The standard InChI is InChI=1S/C12H18N2O2S/c1-4-9-5-6-14(7-9)12-13-10(8(2)17-12)11(15)16-3/h9H,4-7H2,1-3H3. The van der Waals surface area contributed by atoms with Crippen LogP contribution in [0.15, 0.2) is 0 Å². The van der Waals surface area contributed by atoms with E-state index in [1.807, 2.05) is 6.92 Å². The van der Waals surface area contributed by atoms with Gasteiger partial charge in [0.25, 0.3) is 0 Å². The second-order valence-corrected chi connectivity index (χ2v) is 5.58. The number of aryl methyl sites for hydroxylation is 1. The largest absolute Gasteiger partial charge is 0.464 e. The molecule has 1 aliphatic rings. The minimum Gasteiger partial charge on any atom is -0.464 e. The van der Waals surface area contributed by atoms with Gasteiger partial charge in [-0.25, -0.2) is 9.78 Å². The molecule has 0 amide bonds. The van der Waals surface area contributed by atoms with Gasteiger partial charge in [-0.05, 0) is 19.3 Å². The van der Waals surface area contributed by atoms with E-state index < -0.39 is 0 Å². The van der Waals surface area contributed by atoms with Crippen LogP contribution in [0.3, 0.4) is 0 Å². The molecule has 94 valence electrons. The van der Waals surface area contributed by atoms with E-state index in [9.17, 15) is 4.79 Å². The molecule has 1 aliphatic heterocycles. The fraction of sp³-hybridized carbons (Fsp3) is 0.667. The first kappa shape index (κ1) is 12.4. The molecule has 0 saturated carbocycles. The summed E-state index contributed by atoms with van der Waals surface area (Å²) in [5, 5.41) is 0.957. The maximum Gasteiger partial charge on any atom is 0.357 e. The summed E-state index contributed by atoms with van der Waals surface area (Å²) < 4.78 is 4.72. The SMILES string of the molecule is CCC1CCN(c2nc(C(=O)OC)c(C)s2)C1. The van der Waals surface area contributed by atoms with E-state index >= 15 is 0 Å². The third-order valence-corrected chi connectivity index (χ3v) is 4.33. The molecule has 1 unspecified atom stereocenters. The van der Waals surface area contributed by atoms with Crippen LogP contribution in [0, 0.1) is 12.8 Å². The van der Waals surface area contributed by atoms with E-state index in [0.29, 0.717) is 5.69 Å². The molecular weight excluding hydrogens is 236 g/mol. The highest BCUT2D eigenvalue weighted by Crippen LogP contribution is 2.31. The van der Waals surface area contributed by atoms with Crippen LogP contribution in [-0.4, -0.2) is 31.2 Å². The van der Waals surface area contributed by atoms with Gasteiger partial charge >= 0.3 is 5.97 Å². The van der Waals surface area contributed by atoms with Crippen LogP contribution in [0.1, 0.15) is 35.1 Å². The Bertz CT molecular complexity index is 417. The Morgan fingerprint density at radius 2 is 2.41 bits per heavy atom. The molecule has 0 aromatic carbocycles. The fourth-order valence-electron chi connectivity index (χ4n) is 2.14. The van der Waals surface area contributed by atoms with Gasteiger partial charge in [0, 0.05) is 18.0 Å². The average Bonchev–Trinajstić information content (AvgIpc) is 2.94. The molecule has 1 aromatic heterocycles. The van der Waals surface area contributed by atoms with Gasteiger partial charge in [0.2, 0.25) is 0 Å². The van der Waals surface area contributed by atoms with Gasteiger partial charge in [0.15, 0.2) is 10.8 Å². The highest BCUT2D eigenvalue weighted by atomic mass is 32.1. The van der Waals surface area contributed by atoms with Crippen LogP contribution in [0.5, 0.6) is 0 Å². The number of hydrogen-bond acceptors (Lipinski definition) is 5. The second kappa shape index (κ2) is 5.04. The number of hydrogen-bond donors (Lipinski definition) is 0. The lowest BCUT2D eigenvalue weighted by Gasteiger charge is -2.13. The molecular formula is C12H18N2O2S. The summed E-state index contributed by atoms with van der Waals surface area (Å²) in [5.41, 5.74) is 0.465. The number of anilines is 1. The number of carbonyl (C=O) groups excluding carboxylic acids is 1. The first-order valence-corrected chi connectivity index (χ1v) is 6.78. The van der Waals surface area contributed by atoms with Crippen molar-refractivity contribution in [2.45, 2.75) is 26.7 Å². The fourth-order valence-corrected chi connectivity index (χ4v) is 3.07. The molecule has 2 heterocycles. The van der Waals surface area contributed by atoms with Crippen LogP contribution >= 0.6 is 11.3 Å². The molecule has 2 rings (SSSR count). The number of thiazole rings is 1. The van der Waals surface area contributed by atoms with Crippen molar-refractivity contribution in [3.05, 3.63) is 10.6 Å². The maximum atomic E-state index is 11.5. The predicted molar refractivity (Wildman–Crippen MR) is 68.8 cm³/mol. The molecule has 4 nitrogen and oxygen atoms in total. The summed E-state index contributed by atoms with van der Waals surface area (Å²) in [5.74, 6) is 0.428. The number of nitrogens with zero attached hydrogens (tertiary/aromatic N) is 2. The molecule has 1 fully saturated rings. The maximum absolute atomic E-state index is 11.5. The Morgan fingerprint density at radius 3 is 3.00 bits per heavy atom. The lowest BCUT2D eigenvalue weighted by molar-refractivity contribution is 0.0594. The summed E-state index contributed by atoms with van der Waals surface area (Å²) in [6.07, 6.45) is 2.44. The van der Waals surface area contributed by atoms with Gasteiger partial charge in [0.1, 0.15) is 0 Å². The van der Waals surface area contributed by atoms with Gasteiger partial charge < -0.3 is 9.64 Å². The molecule has 17 heavy (non-hydrogen) atoms. The summed E-state index contributed by atoms with van der Waals surface area (Å²) in [7, 11) is 1.39. The average molecular weight is 254 g/mol. The normalized spacial score (nSPS) is 19.7. The van der Waals surface area contributed by atoms with E-state index in [1.165, 1.54) is 20.0 Å². The van der Waals surface area contributed by atoms with Crippen molar-refractivity contribution in [3.8, 4) is 0 Å². The smallest absolute Gasteiger partial charge is 0.357 e.